The number of hydrogen-bond acceptors (Lipinski definition) is 4. The highest BCUT2D eigenvalue weighted by Gasteiger charge is 2.15. The van der Waals surface area contributed by atoms with Gasteiger partial charge in [-0.15, -0.1) is 0 Å². The summed E-state index contributed by atoms with van der Waals surface area (Å²) in [7, 11) is 0. The second-order valence-electron chi connectivity index (χ2n) is 8.43. The van der Waals surface area contributed by atoms with Crippen LogP contribution in [0.3, 0.4) is 0 Å². The van der Waals surface area contributed by atoms with Crippen LogP contribution in [0.1, 0.15) is 42.3 Å². The Labute approximate surface area is 185 Å². The number of piperazine rings is 1. The average Bonchev–Trinajstić information content (AvgIpc) is 2.79. The minimum absolute atomic E-state index is 0.0381. The Morgan fingerprint density at radius 2 is 1.45 bits per heavy atom. The number of rotatable bonds is 8. The van der Waals surface area contributed by atoms with Crippen molar-refractivity contribution in [1.82, 2.24) is 15.1 Å². The molecular weight excluding hydrogens is 388 g/mol. The molecule has 2 aromatic rings. The van der Waals surface area contributed by atoms with Crippen molar-refractivity contribution in [2.75, 3.05) is 38.0 Å². The van der Waals surface area contributed by atoms with Crippen LogP contribution in [0.25, 0.3) is 0 Å². The van der Waals surface area contributed by atoms with Gasteiger partial charge >= 0.3 is 0 Å². The number of likely N-dealkylation sites (N-methyl/N-ethyl adjacent to an activating group) is 1. The molecule has 0 aromatic heterocycles. The topological polar surface area (TPSA) is 64.7 Å². The first kappa shape index (κ1) is 23.0. The summed E-state index contributed by atoms with van der Waals surface area (Å²) < 4.78 is 0. The summed E-state index contributed by atoms with van der Waals surface area (Å²) in [5, 5.41) is 5.79. The van der Waals surface area contributed by atoms with Gasteiger partial charge in [0.15, 0.2) is 0 Å². The highest BCUT2D eigenvalue weighted by molar-refractivity contribution is 5.96. The number of anilines is 1. The molecule has 3 rings (SSSR count). The lowest BCUT2D eigenvalue weighted by Crippen LogP contribution is -2.45. The van der Waals surface area contributed by atoms with E-state index in [0.717, 1.165) is 44.8 Å². The molecule has 1 fully saturated rings. The van der Waals surface area contributed by atoms with Crippen molar-refractivity contribution in [3.8, 4) is 0 Å². The second kappa shape index (κ2) is 11.1. The van der Waals surface area contributed by atoms with Crippen LogP contribution in [-0.4, -0.2) is 54.3 Å². The number of benzene rings is 2. The van der Waals surface area contributed by atoms with Crippen LogP contribution in [0, 0.1) is 5.92 Å². The Morgan fingerprint density at radius 1 is 0.871 bits per heavy atom. The largest absolute Gasteiger partial charge is 0.348 e. The molecule has 166 valence electrons. The standard InChI is InChI=1S/C25H34N4O2/c1-4-28-13-15-29(16-14-28)18-21-7-5-20(6-8-21)17-26-25(31)22-9-11-23(12-10-22)27-24(30)19(2)3/h5-12,19H,4,13-18H2,1-3H3,(H,26,31)(H,27,30). The molecular formula is C25H34N4O2. The Kier molecular flexibility index (Phi) is 8.20. The van der Waals surface area contributed by atoms with Crippen LogP contribution in [0.15, 0.2) is 48.5 Å². The zero-order valence-corrected chi connectivity index (χ0v) is 18.9. The fourth-order valence-electron chi connectivity index (χ4n) is 3.56. The van der Waals surface area contributed by atoms with Crippen molar-refractivity contribution >= 4 is 17.5 Å². The number of carbonyl (C=O) groups is 2. The van der Waals surface area contributed by atoms with E-state index in [0.29, 0.717) is 17.8 Å². The lowest BCUT2D eigenvalue weighted by Gasteiger charge is -2.34. The van der Waals surface area contributed by atoms with E-state index in [9.17, 15) is 9.59 Å². The zero-order chi connectivity index (χ0) is 22.2. The van der Waals surface area contributed by atoms with E-state index in [1.807, 2.05) is 13.8 Å². The molecule has 0 aliphatic carbocycles. The molecule has 0 atom stereocenters. The van der Waals surface area contributed by atoms with E-state index < -0.39 is 0 Å². The van der Waals surface area contributed by atoms with Crippen molar-refractivity contribution in [3.63, 3.8) is 0 Å². The molecule has 0 bridgehead atoms. The average molecular weight is 423 g/mol. The minimum atomic E-state index is -0.125. The quantitative estimate of drug-likeness (QED) is 0.685. The molecule has 0 radical (unpaired) electrons. The molecule has 2 aromatic carbocycles. The van der Waals surface area contributed by atoms with Crippen LogP contribution in [0.5, 0.6) is 0 Å². The summed E-state index contributed by atoms with van der Waals surface area (Å²) in [6.07, 6.45) is 0. The van der Waals surface area contributed by atoms with Crippen molar-refractivity contribution in [2.24, 2.45) is 5.92 Å². The molecule has 31 heavy (non-hydrogen) atoms. The molecule has 1 heterocycles. The van der Waals surface area contributed by atoms with Gasteiger partial charge in [-0.25, -0.2) is 0 Å². The van der Waals surface area contributed by atoms with Gasteiger partial charge in [-0.05, 0) is 41.9 Å². The fourth-order valence-corrected chi connectivity index (χ4v) is 3.56. The van der Waals surface area contributed by atoms with Gasteiger partial charge in [-0.1, -0.05) is 45.0 Å². The van der Waals surface area contributed by atoms with Crippen LogP contribution in [-0.2, 0) is 17.9 Å². The zero-order valence-electron chi connectivity index (χ0n) is 18.9. The van der Waals surface area contributed by atoms with E-state index in [1.165, 1.54) is 5.56 Å². The molecule has 6 heteroatoms. The molecule has 1 aliphatic heterocycles. The summed E-state index contributed by atoms with van der Waals surface area (Å²) in [6, 6.07) is 15.4. The smallest absolute Gasteiger partial charge is 0.251 e. The Hall–Kier alpha value is -2.70. The first-order valence-corrected chi connectivity index (χ1v) is 11.2. The number of nitrogens with zero attached hydrogens (tertiary/aromatic N) is 2. The molecule has 2 N–H and O–H groups in total. The Bertz CT molecular complexity index is 854. The predicted molar refractivity (Wildman–Crippen MR) is 125 cm³/mol. The lowest BCUT2D eigenvalue weighted by molar-refractivity contribution is -0.118. The van der Waals surface area contributed by atoms with Gasteiger partial charge in [-0.3, -0.25) is 14.5 Å². The maximum absolute atomic E-state index is 12.4. The maximum Gasteiger partial charge on any atom is 0.251 e. The van der Waals surface area contributed by atoms with Gasteiger partial charge in [0.25, 0.3) is 5.91 Å². The van der Waals surface area contributed by atoms with Crippen LogP contribution in [0.4, 0.5) is 5.69 Å². The number of amides is 2. The first-order chi connectivity index (χ1) is 14.9. The fraction of sp³-hybridized carbons (Fsp3) is 0.440. The van der Waals surface area contributed by atoms with Crippen LogP contribution >= 0.6 is 0 Å². The van der Waals surface area contributed by atoms with Crippen molar-refractivity contribution < 1.29 is 9.59 Å². The van der Waals surface area contributed by atoms with E-state index in [2.05, 4.69) is 51.6 Å². The van der Waals surface area contributed by atoms with E-state index >= 15 is 0 Å². The number of nitrogens with one attached hydrogen (secondary N) is 2. The second-order valence-corrected chi connectivity index (χ2v) is 8.43. The van der Waals surface area contributed by atoms with Crippen LogP contribution in [0.2, 0.25) is 0 Å². The highest BCUT2D eigenvalue weighted by Crippen LogP contribution is 2.13. The Morgan fingerprint density at radius 3 is 2.03 bits per heavy atom. The number of carbonyl (C=O) groups excluding carboxylic acids is 2. The molecule has 2 amide bonds. The summed E-state index contributed by atoms with van der Waals surface area (Å²) >= 11 is 0. The summed E-state index contributed by atoms with van der Waals surface area (Å²) in [5.74, 6) is -0.246. The first-order valence-electron chi connectivity index (χ1n) is 11.2. The summed E-state index contributed by atoms with van der Waals surface area (Å²) in [6.45, 7) is 13.0. The Balaban J connectivity index is 1.45. The van der Waals surface area contributed by atoms with Crippen LogP contribution < -0.4 is 10.6 Å². The van der Waals surface area contributed by atoms with E-state index in [-0.39, 0.29) is 17.7 Å². The van der Waals surface area contributed by atoms with Crippen molar-refractivity contribution in [3.05, 3.63) is 65.2 Å². The van der Waals surface area contributed by atoms with Gasteiger partial charge in [0.2, 0.25) is 5.91 Å². The van der Waals surface area contributed by atoms with Gasteiger partial charge in [0, 0.05) is 56.4 Å². The monoisotopic (exact) mass is 422 g/mol. The third-order valence-electron chi connectivity index (χ3n) is 5.73. The predicted octanol–water partition coefficient (Wildman–Crippen LogP) is 3.35. The highest BCUT2D eigenvalue weighted by atomic mass is 16.2. The van der Waals surface area contributed by atoms with Gasteiger partial charge in [0.05, 0.1) is 0 Å². The summed E-state index contributed by atoms with van der Waals surface area (Å²) in [4.78, 5) is 29.2. The molecule has 1 saturated heterocycles. The molecule has 0 saturated carbocycles. The lowest BCUT2D eigenvalue weighted by atomic mass is 10.1. The van der Waals surface area contributed by atoms with Gasteiger partial charge in [0.1, 0.15) is 0 Å². The van der Waals surface area contributed by atoms with E-state index in [4.69, 9.17) is 0 Å². The molecule has 0 spiro atoms. The molecule has 6 nitrogen and oxygen atoms in total. The van der Waals surface area contributed by atoms with Gasteiger partial charge < -0.3 is 15.5 Å². The molecule has 0 unspecified atom stereocenters. The number of hydrogen-bond donors (Lipinski definition) is 2. The van der Waals surface area contributed by atoms with E-state index in [1.54, 1.807) is 24.3 Å². The molecule has 1 aliphatic rings. The normalized spacial score (nSPS) is 15.1. The van der Waals surface area contributed by atoms with Gasteiger partial charge in [-0.2, -0.15) is 0 Å². The van der Waals surface area contributed by atoms with Crippen molar-refractivity contribution in [2.45, 2.75) is 33.9 Å². The third-order valence-corrected chi connectivity index (χ3v) is 5.73. The SMILES string of the molecule is CCN1CCN(Cc2ccc(CNC(=O)c3ccc(NC(=O)C(C)C)cc3)cc2)CC1. The minimum Gasteiger partial charge on any atom is -0.348 e. The maximum atomic E-state index is 12.4. The summed E-state index contributed by atoms with van der Waals surface area (Å²) in [5.41, 5.74) is 3.65. The third kappa shape index (κ3) is 6.91. The van der Waals surface area contributed by atoms with Crippen molar-refractivity contribution in [1.29, 1.82) is 0 Å².